The summed E-state index contributed by atoms with van der Waals surface area (Å²) in [6, 6.07) is 0. The number of hydrogen-bond donors (Lipinski definition) is 1. The van der Waals surface area contributed by atoms with E-state index in [1.165, 1.54) is 0 Å². The Hall–Kier alpha value is -1.14. The van der Waals surface area contributed by atoms with E-state index in [1.807, 2.05) is 20.8 Å². The maximum Gasteiger partial charge on any atom is 0.319 e. The van der Waals surface area contributed by atoms with Gasteiger partial charge in [0.05, 0.1) is 19.8 Å². The summed E-state index contributed by atoms with van der Waals surface area (Å²) in [5, 5.41) is 2.85. The molecule has 21 heavy (non-hydrogen) atoms. The van der Waals surface area contributed by atoms with Gasteiger partial charge in [-0.15, -0.1) is 0 Å². The van der Waals surface area contributed by atoms with Crippen molar-refractivity contribution >= 4 is 11.9 Å². The van der Waals surface area contributed by atoms with E-state index in [-0.39, 0.29) is 12.5 Å². The van der Waals surface area contributed by atoms with Crippen LogP contribution in [-0.2, 0) is 19.1 Å². The van der Waals surface area contributed by atoms with Crippen molar-refractivity contribution in [1.82, 2.24) is 10.2 Å². The molecular weight excluding hydrogens is 272 g/mol. The van der Waals surface area contributed by atoms with Gasteiger partial charge in [-0.2, -0.15) is 0 Å². The van der Waals surface area contributed by atoms with Crippen molar-refractivity contribution in [3.8, 4) is 0 Å². The highest BCUT2D eigenvalue weighted by Crippen LogP contribution is 2.27. The highest BCUT2D eigenvalue weighted by atomic mass is 16.5. The average molecular weight is 300 g/mol. The summed E-state index contributed by atoms with van der Waals surface area (Å²) in [5.74, 6) is -1.48. The SMILES string of the molecule is CCOC(=O)C(C(=O)NCCN1CCOCC1)C(C)(C)C. The van der Waals surface area contributed by atoms with Crippen LogP contribution < -0.4 is 5.32 Å². The Morgan fingerprint density at radius 1 is 1.29 bits per heavy atom. The quantitative estimate of drug-likeness (QED) is 0.576. The normalized spacial score (nSPS) is 18.1. The molecule has 1 saturated heterocycles. The molecule has 0 bridgehead atoms. The number of ether oxygens (including phenoxy) is 2. The second-order valence-corrected chi connectivity index (χ2v) is 6.30. The standard InChI is InChI=1S/C15H28N2O4/c1-5-21-14(19)12(15(2,3)4)13(18)16-6-7-17-8-10-20-11-9-17/h12H,5-11H2,1-4H3,(H,16,18). The molecule has 1 aliphatic rings. The van der Waals surface area contributed by atoms with Crippen molar-refractivity contribution in [3.05, 3.63) is 0 Å². The zero-order chi connectivity index (χ0) is 15.9. The van der Waals surface area contributed by atoms with Gasteiger partial charge in [0.2, 0.25) is 5.91 Å². The lowest BCUT2D eigenvalue weighted by atomic mass is 9.80. The molecule has 0 aliphatic carbocycles. The van der Waals surface area contributed by atoms with Crippen LogP contribution >= 0.6 is 0 Å². The van der Waals surface area contributed by atoms with Crippen LogP contribution in [0.15, 0.2) is 0 Å². The minimum Gasteiger partial charge on any atom is -0.465 e. The van der Waals surface area contributed by atoms with Crippen LogP contribution in [0.4, 0.5) is 0 Å². The average Bonchev–Trinajstić information content (AvgIpc) is 2.38. The first kappa shape index (κ1) is 17.9. The Labute approximate surface area is 127 Å². The summed E-state index contributed by atoms with van der Waals surface area (Å²) >= 11 is 0. The molecule has 1 amide bonds. The minimum atomic E-state index is -0.776. The fourth-order valence-corrected chi connectivity index (χ4v) is 2.34. The molecule has 1 rings (SSSR count). The van der Waals surface area contributed by atoms with Crippen LogP contribution in [0.5, 0.6) is 0 Å². The Bertz CT molecular complexity index is 346. The van der Waals surface area contributed by atoms with Gasteiger partial charge in [0.25, 0.3) is 0 Å². The third-order valence-corrected chi connectivity index (χ3v) is 3.48. The molecule has 6 heteroatoms. The summed E-state index contributed by atoms with van der Waals surface area (Å²) in [7, 11) is 0. The lowest BCUT2D eigenvalue weighted by Crippen LogP contribution is -2.46. The third-order valence-electron chi connectivity index (χ3n) is 3.48. The van der Waals surface area contributed by atoms with Gasteiger partial charge in [-0.05, 0) is 12.3 Å². The zero-order valence-corrected chi connectivity index (χ0v) is 13.6. The lowest BCUT2D eigenvalue weighted by Gasteiger charge is -2.29. The molecule has 1 N–H and O–H groups in total. The van der Waals surface area contributed by atoms with Crippen molar-refractivity contribution in [2.45, 2.75) is 27.7 Å². The number of carbonyl (C=O) groups is 2. The molecule has 1 unspecified atom stereocenters. The second kappa shape index (κ2) is 8.34. The van der Waals surface area contributed by atoms with Gasteiger partial charge in [-0.25, -0.2) is 0 Å². The van der Waals surface area contributed by atoms with Gasteiger partial charge in [-0.3, -0.25) is 14.5 Å². The van der Waals surface area contributed by atoms with Gasteiger partial charge in [0.1, 0.15) is 5.92 Å². The maximum absolute atomic E-state index is 12.3. The molecular formula is C15H28N2O4. The zero-order valence-electron chi connectivity index (χ0n) is 13.6. The number of amides is 1. The predicted molar refractivity (Wildman–Crippen MR) is 79.8 cm³/mol. The van der Waals surface area contributed by atoms with Gasteiger partial charge < -0.3 is 14.8 Å². The first-order chi connectivity index (χ1) is 9.86. The first-order valence-electron chi connectivity index (χ1n) is 7.60. The van der Waals surface area contributed by atoms with Crippen molar-refractivity contribution in [1.29, 1.82) is 0 Å². The number of rotatable bonds is 6. The van der Waals surface area contributed by atoms with Crippen LogP contribution in [-0.4, -0.2) is 62.8 Å². The fraction of sp³-hybridized carbons (Fsp3) is 0.867. The number of esters is 1. The number of morpholine rings is 1. The summed E-state index contributed by atoms with van der Waals surface area (Å²) < 4.78 is 10.3. The number of nitrogens with one attached hydrogen (secondary N) is 1. The number of carbonyl (C=O) groups excluding carboxylic acids is 2. The van der Waals surface area contributed by atoms with Crippen LogP contribution in [0, 0.1) is 11.3 Å². The first-order valence-corrected chi connectivity index (χ1v) is 7.60. The Morgan fingerprint density at radius 3 is 2.43 bits per heavy atom. The van der Waals surface area contributed by atoms with Crippen LogP contribution in [0.1, 0.15) is 27.7 Å². The van der Waals surface area contributed by atoms with Crippen molar-refractivity contribution in [3.63, 3.8) is 0 Å². The van der Waals surface area contributed by atoms with E-state index < -0.39 is 17.3 Å². The van der Waals surface area contributed by atoms with E-state index in [9.17, 15) is 9.59 Å². The van der Waals surface area contributed by atoms with E-state index in [0.717, 1.165) is 32.8 Å². The number of nitrogens with zero attached hydrogens (tertiary/aromatic N) is 1. The van der Waals surface area contributed by atoms with Crippen molar-refractivity contribution in [2.24, 2.45) is 11.3 Å². The van der Waals surface area contributed by atoms with E-state index in [2.05, 4.69) is 10.2 Å². The molecule has 0 aromatic carbocycles. The van der Waals surface area contributed by atoms with Gasteiger partial charge in [-0.1, -0.05) is 20.8 Å². The highest BCUT2D eigenvalue weighted by molar-refractivity contribution is 5.98. The Balaban J connectivity index is 2.46. The smallest absolute Gasteiger partial charge is 0.319 e. The predicted octanol–water partition coefficient (Wildman–Crippen LogP) is 0.660. The summed E-state index contributed by atoms with van der Waals surface area (Å²) in [6.07, 6.45) is 0. The van der Waals surface area contributed by atoms with Crippen LogP contribution in [0.2, 0.25) is 0 Å². The van der Waals surface area contributed by atoms with Gasteiger partial charge in [0, 0.05) is 26.2 Å². The highest BCUT2D eigenvalue weighted by Gasteiger charge is 2.38. The van der Waals surface area contributed by atoms with E-state index in [4.69, 9.17) is 9.47 Å². The molecule has 122 valence electrons. The Kier molecular flexibility index (Phi) is 7.11. The summed E-state index contributed by atoms with van der Waals surface area (Å²) in [4.78, 5) is 26.5. The summed E-state index contributed by atoms with van der Waals surface area (Å²) in [5.41, 5.74) is -0.463. The van der Waals surface area contributed by atoms with Crippen molar-refractivity contribution < 1.29 is 19.1 Å². The molecule has 1 aliphatic heterocycles. The fourth-order valence-electron chi connectivity index (χ4n) is 2.34. The van der Waals surface area contributed by atoms with Crippen molar-refractivity contribution in [2.75, 3.05) is 46.0 Å². The second-order valence-electron chi connectivity index (χ2n) is 6.30. The monoisotopic (exact) mass is 300 g/mol. The third kappa shape index (κ3) is 6.01. The molecule has 0 radical (unpaired) electrons. The van der Waals surface area contributed by atoms with Gasteiger partial charge in [0.15, 0.2) is 0 Å². The molecule has 1 fully saturated rings. The van der Waals surface area contributed by atoms with Gasteiger partial charge >= 0.3 is 5.97 Å². The molecule has 1 heterocycles. The van der Waals surface area contributed by atoms with E-state index >= 15 is 0 Å². The lowest BCUT2D eigenvalue weighted by molar-refractivity contribution is -0.156. The number of hydrogen-bond acceptors (Lipinski definition) is 5. The maximum atomic E-state index is 12.3. The molecule has 1 atom stereocenters. The van der Waals surface area contributed by atoms with Crippen LogP contribution in [0.3, 0.4) is 0 Å². The molecule has 0 saturated carbocycles. The molecule has 0 spiro atoms. The van der Waals surface area contributed by atoms with Crippen LogP contribution in [0.25, 0.3) is 0 Å². The molecule has 0 aromatic rings. The molecule has 6 nitrogen and oxygen atoms in total. The van der Waals surface area contributed by atoms with E-state index in [1.54, 1.807) is 6.92 Å². The molecule has 0 aromatic heterocycles. The summed E-state index contributed by atoms with van der Waals surface area (Å²) in [6.45, 7) is 12.2. The van der Waals surface area contributed by atoms with E-state index in [0.29, 0.717) is 6.54 Å². The largest absolute Gasteiger partial charge is 0.465 e. The topological polar surface area (TPSA) is 67.9 Å². The Morgan fingerprint density at radius 2 is 1.90 bits per heavy atom. The minimum absolute atomic E-state index is 0.255.